The van der Waals surface area contributed by atoms with Gasteiger partial charge >= 0.3 is 0 Å². The lowest BCUT2D eigenvalue weighted by Crippen LogP contribution is -2.42. The second-order valence-corrected chi connectivity index (χ2v) is 6.29. The quantitative estimate of drug-likeness (QED) is 0.698. The zero-order valence-electron chi connectivity index (χ0n) is 12.5. The Morgan fingerprint density at radius 1 is 1.00 bits per heavy atom. The predicted molar refractivity (Wildman–Crippen MR) is 78.9 cm³/mol. The smallest absolute Gasteiger partial charge is 0.0107 e. The Kier molecular flexibility index (Phi) is 5.97. The van der Waals surface area contributed by atoms with Crippen molar-refractivity contribution in [3.8, 4) is 0 Å². The highest BCUT2D eigenvalue weighted by Gasteiger charge is 2.32. The van der Waals surface area contributed by atoms with Gasteiger partial charge in [0.2, 0.25) is 0 Å². The fourth-order valence-electron chi connectivity index (χ4n) is 3.58. The van der Waals surface area contributed by atoms with E-state index in [4.69, 9.17) is 0 Å². The lowest BCUT2D eigenvalue weighted by Gasteiger charge is -2.32. The van der Waals surface area contributed by atoms with Crippen molar-refractivity contribution in [3.05, 3.63) is 0 Å². The Bertz CT molecular complexity index is 225. The molecule has 0 aromatic rings. The molecule has 0 saturated heterocycles. The van der Waals surface area contributed by atoms with Crippen molar-refractivity contribution in [2.75, 3.05) is 19.6 Å². The minimum absolute atomic E-state index is 0.788. The van der Waals surface area contributed by atoms with E-state index < -0.39 is 0 Å². The Balaban J connectivity index is 1.89. The van der Waals surface area contributed by atoms with Crippen LogP contribution in [0.4, 0.5) is 0 Å². The van der Waals surface area contributed by atoms with Crippen molar-refractivity contribution in [2.45, 2.75) is 77.3 Å². The molecule has 2 aliphatic rings. The predicted octanol–water partition coefficient (Wildman–Crippen LogP) is 3.42. The zero-order valence-corrected chi connectivity index (χ0v) is 12.5. The third-order valence-corrected chi connectivity index (χ3v) is 4.67. The summed E-state index contributed by atoms with van der Waals surface area (Å²) in [5.74, 6) is 0.902. The minimum atomic E-state index is 0.788. The first-order valence-electron chi connectivity index (χ1n) is 8.32. The van der Waals surface area contributed by atoms with Gasteiger partial charge in [-0.2, -0.15) is 0 Å². The van der Waals surface area contributed by atoms with Gasteiger partial charge in [0.15, 0.2) is 0 Å². The molecule has 0 heterocycles. The summed E-state index contributed by atoms with van der Waals surface area (Å²) in [6, 6.07) is 1.73. The number of rotatable bonds is 7. The Hall–Kier alpha value is -0.0800. The molecule has 2 atom stereocenters. The van der Waals surface area contributed by atoms with E-state index in [0.717, 1.165) is 24.5 Å². The first kappa shape index (κ1) is 14.3. The Morgan fingerprint density at radius 2 is 1.78 bits per heavy atom. The summed E-state index contributed by atoms with van der Waals surface area (Å²) < 4.78 is 0. The van der Waals surface area contributed by atoms with Crippen molar-refractivity contribution in [1.29, 1.82) is 0 Å². The molecule has 0 bridgehead atoms. The van der Waals surface area contributed by atoms with Crippen LogP contribution in [0.15, 0.2) is 0 Å². The van der Waals surface area contributed by atoms with Crippen LogP contribution in [0.25, 0.3) is 0 Å². The topological polar surface area (TPSA) is 15.3 Å². The molecule has 0 aromatic heterocycles. The molecule has 0 spiro atoms. The van der Waals surface area contributed by atoms with E-state index in [0.29, 0.717) is 0 Å². The van der Waals surface area contributed by atoms with Crippen LogP contribution in [0, 0.1) is 5.92 Å². The summed E-state index contributed by atoms with van der Waals surface area (Å²) in [5, 5.41) is 3.75. The van der Waals surface area contributed by atoms with E-state index in [1.54, 1.807) is 0 Å². The fraction of sp³-hybridized carbons (Fsp3) is 1.00. The molecular weight excluding hydrogens is 220 g/mol. The van der Waals surface area contributed by atoms with Crippen molar-refractivity contribution in [1.82, 2.24) is 10.2 Å². The molecule has 2 unspecified atom stereocenters. The summed E-state index contributed by atoms with van der Waals surface area (Å²) in [6.07, 6.45) is 11.4. The van der Waals surface area contributed by atoms with E-state index in [2.05, 4.69) is 24.1 Å². The molecule has 1 N–H and O–H groups in total. The molecule has 0 aliphatic heterocycles. The maximum atomic E-state index is 3.75. The molecule has 0 radical (unpaired) electrons. The molecule has 106 valence electrons. The second kappa shape index (κ2) is 7.49. The summed E-state index contributed by atoms with van der Waals surface area (Å²) in [7, 11) is 0. The molecule has 2 aliphatic carbocycles. The Labute approximate surface area is 114 Å². The summed E-state index contributed by atoms with van der Waals surface area (Å²) in [5.41, 5.74) is 0. The SMILES string of the molecule is CCCN(CC1CCCCCC1NCC)C1CC1. The van der Waals surface area contributed by atoms with Gasteiger partial charge in [0, 0.05) is 18.6 Å². The van der Waals surface area contributed by atoms with Crippen molar-refractivity contribution < 1.29 is 0 Å². The van der Waals surface area contributed by atoms with E-state index in [1.807, 2.05) is 0 Å². The van der Waals surface area contributed by atoms with Gasteiger partial charge in [-0.15, -0.1) is 0 Å². The van der Waals surface area contributed by atoms with Crippen LogP contribution in [-0.4, -0.2) is 36.6 Å². The fourth-order valence-corrected chi connectivity index (χ4v) is 3.58. The number of hydrogen-bond donors (Lipinski definition) is 1. The van der Waals surface area contributed by atoms with Gasteiger partial charge in [-0.1, -0.05) is 33.1 Å². The second-order valence-electron chi connectivity index (χ2n) is 6.29. The molecule has 2 nitrogen and oxygen atoms in total. The van der Waals surface area contributed by atoms with E-state index in [9.17, 15) is 0 Å². The highest BCUT2D eigenvalue weighted by molar-refractivity contribution is 4.88. The first-order chi connectivity index (χ1) is 8.85. The van der Waals surface area contributed by atoms with Crippen LogP contribution in [0.2, 0.25) is 0 Å². The average molecular weight is 252 g/mol. The van der Waals surface area contributed by atoms with Gasteiger partial charge in [-0.25, -0.2) is 0 Å². The van der Waals surface area contributed by atoms with Crippen molar-refractivity contribution >= 4 is 0 Å². The Morgan fingerprint density at radius 3 is 2.44 bits per heavy atom. The molecule has 0 amide bonds. The van der Waals surface area contributed by atoms with Crippen LogP contribution >= 0.6 is 0 Å². The standard InChI is InChI=1S/C16H32N2/c1-3-12-18(15-10-11-15)13-14-8-6-5-7-9-16(14)17-4-2/h14-17H,3-13H2,1-2H3. The van der Waals surface area contributed by atoms with E-state index in [1.165, 1.54) is 64.5 Å². The van der Waals surface area contributed by atoms with Crippen molar-refractivity contribution in [3.63, 3.8) is 0 Å². The van der Waals surface area contributed by atoms with Gasteiger partial charge in [0.05, 0.1) is 0 Å². The lowest BCUT2D eigenvalue weighted by molar-refractivity contribution is 0.187. The number of nitrogens with zero attached hydrogens (tertiary/aromatic N) is 1. The first-order valence-corrected chi connectivity index (χ1v) is 8.32. The molecule has 18 heavy (non-hydrogen) atoms. The van der Waals surface area contributed by atoms with Gasteiger partial charge < -0.3 is 10.2 Å². The molecule has 0 aromatic carbocycles. The van der Waals surface area contributed by atoms with Gasteiger partial charge in [-0.05, 0) is 51.1 Å². The maximum Gasteiger partial charge on any atom is 0.0107 e. The van der Waals surface area contributed by atoms with Crippen molar-refractivity contribution in [2.24, 2.45) is 5.92 Å². The number of nitrogens with one attached hydrogen (secondary N) is 1. The maximum absolute atomic E-state index is 3.75. The van der Waals surface area contributed by atoms with Gasteiger partial charge in [-0.3, -0.25) is 0 Å². The van der Waals surface area contributed by atoms with E-state index in [-0.39, 0.29) is 0 Å². The third-order valence-electron chi connectivity index (χ3n) is 4.67. The van der Waals surface area contributed by atoms with Crippen LogP contribution in [0.1, 0.15) is 65.2 Å². The van der Waals surface area contributed by atoms with Crippen LogP contribution in [-0.2, 0) is 0 Å². The highest BCUT2D eigenvalue weighted by Crippen LogP contribution is 2.31. The zero-order chi connectivity index (χ0) is 12.8. The molecule has 2 heteroatoms. The van der Waals surface area contributed by atoms with Gasteiger partial charge in [0.1, 0.15) is 0 Å². The largest absolute Gasteiger partial charge is 0.314 e. The van der Waals surface area contributed by atoms with E-state index >= 15 is 0 Å². The lowest BCUT2D eigenvalue weighted by atomic mass is 9.93. The molecular formula is C16H32N2. The average Bonchev–Trinajstić information content (AvgIpc) is 3.17. The molecule has 2 fully saturated rings. The normalized spacial score (nSPS) is 29.5. The van der Waals surface area contributed by atoms with Crippen LogP contribution < -0.4 is 5.32 Å². The number of hydrogen-bond acceptors (Lipinski definition) is 2. The van der Waals surface area contributed by atoms with Gasteiger partial charge in [0.25, 0.3) is 0 Å². The summed E-state index contributed by atoms with van der Waals surface area (Å²) in [4.78, 5) is 2.79. The summed E-state index contributed by atoms with van der Waals surface area (Å²) >= 11 is 0. The highest BCUT2D eigenvalue weighted by atomic mass is 15.2. The monoisotopic (exact) mass is 252 g/mol. The minimum Gasteiger partial charge on any atom is -0.314 e. The summed E-state index contributed by atoms with van der Waals surface area (Å²) in [6.45, 7) is 8.39. The van der Waals surface area contributed by atoms with Crippen LogP contribution in [0.3, 0.4) is 0 Å². The third kappa shape index (κ3) is 4.24. The van der Waals surface area contributed by atoms with Crippen LogP contribution in [0.5, 0.6) is 0 Å². The molecule has 2 rings (SSSR count). The molecule has 2 saturated carbocycles.